The Hall–Kier alpha value is -3.79. The van der Waals surface area contributed by atoms with E-state index in [1.54, 1.807) is 45.9 Å². The van der Waals surface area contributed by atoms with Crippen molar-refractivity contribution >= 4 is 23.4 Å². The number of hydrogen-bond acceptors (Lipinski definition) is 8. The number of non-ortho nitro benzene ring substituents is 1. The van der Waals surface area contributed by atoms with Gasteiger partial charge in [-0.15, -0.1) is 5.10 Å². The molecule has 2 heterocycles. The maximum Gasteiger partial charge on any atom is 0.435 e. The second-order valence-corrected chi connectivity index (χ2v) is 11.2. The second kappa shape index (κ2) is 10.7. The van der Waals surface area contributed by atoms with E-state index < -0.39 is 16.6 Å². The Morgan fingerprint density at radius 1 is 1.11 bits per heavy atom. The van der Waals surface area contributed by atoms with Crippen LogP contribution in [0.25, 0.3) is 11.3 Å². The molecule has 0 saturated carbocycles. The number of nitro benzene ring substituents is 1. The van der Waals surface area contributed by atoms with Crippen molar-refractivity contribution in [2.75, 3.05) is 5.32 Å². The van der Waals surface area contributed by atoms with Crippen LogP contribution in [0, 0.1) is 22.5 Å². The minimum atomic E-state index is -0.649. The van der Waals surface area contributed by atoms with Gasteiger partial charge >= 0.3 is 6.09 Å². The predicted octanol–water partition coefficient (Wildman–Crippen LogP) is 6.21. The summed E-state index contributed by atoms with van der Waals surface area (Å²) in [6.07, 6.45) is -0.572. The van der Waals surface area contributed by atoms with Crippen LogP contribution in [-0.2, 0) is 11.3 Å². The van der Waals surface area contributed by atoms with Crippen LogP contribution in [0.3, 0.4) is 0 Å². The van der Waals surface area contributed by atoms with Gasteiger partial charge in [0.2, 0.25) is 0 Å². The minimum absolute atomic E-state index is 0.00887. The minimum Gasteiger partial charge on any atom is -0.442 e. The first-order valence-electron chi connectivity index (χ1n) is 12.2. The third kappa shape index (κ3) is 7.60. The molecule has 1 atom stereocenters. The molecule has 198 valence electrons. The van der Waals surface area contributed by atoms with Gasteiger partial charge in [-0.05, 0) is 57.7 Å². The Bertz CT molecular complexity index is 1290. The summed E-state index contributed by atoms with van der Waals surface area (Å²) in [5.74, 6) is 0.923. The first-order valence-corrected chi connectivity index (χ1v) is 12.2. The van der Waals surface area contributed by atoms with Gasteiger partial charge in [0.15, 0.2) is 5.82 Å². The second-order valence-electron chi connectivity index (χ2n) is 11.2. The summed E-state index contributed by atoms with van der Waals surface area (Å²) in [5.41, 5.74) is 2.17. The van der Waals surface area contributed by atoms with Gasteiger partial charge in [0.25, 0.3) is 5.69 Å². The molecule has 0 aliphatic heterocycles. The predicted molar refractivity (Wildman–Crippen MR) is 144 cm³/mol. The first kappa shape index (κ1) is 27.8. The molecule has 1 aromatic carbocycles. The van der Waals surface area contributed by atoms with E-state index in [0.717, 1.165) is 5.56 Å². The number of carbonyl (C=O) groups excluding carboxylic acids is 1. The number of anilines is 2. The molecule has 3 aromatic rings. The van der Waals surface area contributed by atoms with Crippen molar-refractivity contribution in [1.82, 2.24) is 20.1 Å². The van der Waals surface area contributed by atoms with Crippen LogP contribution in [0.15, 0.2) is 42.5 Å². The molecule has 0 spiro atoms. The van der Waals surface area contributed by atoms with Gasteiger partial charge in [0, 0.05) is 42.0 Å². The highest BCUT2D eigenvalue weighted by Gasteiger charge is 2.22. The maximum absolute atomic E-state index is 12.5. The number of hydrogen-bond donors (Lipinski definition) is 2. The van der Waals surface area contributed by atoms with E-state index in [1.807, 2.05) is 12.1 Å². The number of nitro groups is 1. The number of nitrogens with zero attached hydrogens (tertiary/aromatic N) is 4. The number of benzene rings is 1. The lowest BCUT2D eigenvalue weighted by Gasteiger charge is -2.28. The molecule has 37 heavy (non-hydrogen) atoms. The molecule has 10 heteroatoms. The Morgan fingerprint density at radius 2 is 1.81 bits per heavy atom. The lowest BCUT2D eigenvalue weighted by Crippen LogP contribution is -2.37. The average Bonchev–Trinajstić information content (AvgIpc) is 3.15. The fourth-order valence-electron chi connectivity index (χ4n) is 3.41. The molecule has 2 aromatic heterocycles. The Morgan fingerprint density at radius 3 is 2.43 bits per heavy atom. The topological polar surface area (TPSA) is 124 Å². The fraction of sp³-hybridized carbons (Fsp3) is 0.444. The third-order valence-corrected chi connectivity index (χ3v) is 5.86. The lowest BCUT2D eigenvalue weighted by molar-refractivity contribution is -0.384. The molecule has 1 unspecified atom stereocenters. The van der Waals surface area contributed by atoms with E-state index in [4.69, 9.17) is 9.72 Å². The number of nitrogens with one attached hydrogen (secondary N) is 2. The zero-order valence-corrected chi connectivity index (χ0v) is 22.7. The number of aryl methyl sites for hydroxylation is 1. The van der Waals surface area contributed by atoms with Crippen LogP contribution in [0.2, 0.25) is 0 Å². The van der Waals surface area contributed by atoms with Gasteiger partial charge < -0.3 is 15.4 Å². The van der Waals surface area contributed by atoms with Crippen LogP contribution < -0.4 is 10.6 Å². The average molecular weight is 509 g/mol. The summed E-state index contributed by atoms with van der Waals surface area (Å²) in [6.45, 7) is 16.4. The fourth-order valence-corrected chi connectivity index (χ4v) is 3.41. The number of pyridine rings is 1. The van der Waals surface area contributed by atoms with E-state index in [9.17, 15) is 14.9 Å². The van der Waals surface area contributed by atoms with Crippen molar-refractivity contribution in [2.45, 2.75) is 73.6 Å². The van der Waals surface area contributed by atoms with E-state index in [1.165, 1.54) is 16.8 Å². The summed E-state index contributed by atoms with van der Waals surface area (Å²) in [6, 6.07) is 12.2. The van der Waals surface area contributed by atoms with Crippen LogP contribution in [0.1, 0.15) is 59.7 Å². The largest absolute Gasteiger partial charge is 0.442 e. The van der Waals surface area contributed by atoms with Gasteiger partial charge in [-0.25, -0.2) is 9.78 Å². The molecule has 2 N–H and O–H groups in total. The van der Waals surface area contributed by atoms with Crippen molar-refractivity contribution in [3.8, 4) is 11.3 Å². The smallest absolute Gasteiger partial charge is 0.435 e. The Kier molecular flexibility index (Phi) is 8.02. The van der Waals surface area contributed by atoms with Gasteiger partial charge in [-0.1, -0.05) is 32.9 Å². The molecule has 0 bridgehead atoms. The van der Waals surface area contributed by atoms with Crippen molar-refractivity contribution in [3.05, 3.63) is 63.8 Å². The Labute approximate surface area is 217 Å². The summed E-state index contributed by atoms with van der Waals surface area (Å²) < 4.78 is 6.63. The molecule has 3 rings (SSSR count). The summed E-state index contributed by atoms with van der Waals surface area (Å²) in [5, 5.41) is 22.4. The van der Waals surface area contributed by atoms with Crippen molar-refractivity contribution in [2.24, 2.45) is 5.41 Å². The molecule has 0 amide bonds. The van der Waals surface area contributed by atoms with Gasteiger partial charge in [0.1, 0.15) is 11.4 Å². The molecule has 10 nitrogen and oxygen atoms in total. The summed E-state index contributed by atoms with van der Waals surface area (Å²) >= 11 is 0. The zero-order valence-electron chi connectivity index (χ0n) is 22.7. The monoisotopic (exact) mass is 508 g/mol. The summed E-state index contributed by atoms with van der Waals surface area (Å²) in [4.78, 5) is 28.1. The molecule has 0 aliphatic rings. The van der Waals surface area contributed by atoms with Crippen LogP contribution in [0.5, 0.6) is 0 Å². The third-order valence-electron chi connectivity index (χ3n) is 5.86. The van der Waals surface area contributed by atoms with Crippen LogP contribution in [0.4, 0.5) is 22.1 Å². The van der Waals surface area contributed by atoms with Crippen molar-refractivity contribution in [1.29, 1.82) is 0 Å². The van der Waals surface area contributed by atoms with Crippen LogP contribution in [-0.4, -0.2) is 37.4 Å². The van der Waals surface area contributed by atoms with E-state index in [-0.39, 0.29) is 17.1 Å². The molecule has 0 radical (unpaired) electrons. The highest BCUT2D eigenvalue weighted by molar-refractivity contribution is 5.72. The van der Waals surface area contributed by atoms with E-state index in [0.29, 0.717) is 35.1 Å². The Balaban J connectivity index is 1.96. The quantitative estimate of drug-likeness (QED) is 0.285. The maximum atomic E-state index is 12.5. The number of carbonyl (C=O) groups is 1. The zero-order chi connectivity index (χ0) is 27.5. The standard InChI is InChI=1S/C27H36N6O4/c1-17-12-24(31-32(17)25(34)37-27(6,7)8)30-23-14-19(16-28-18(2)26(3,4)5)13-22(29-23)20-10-9-11-21(15-20)33(35)36/h9-15,18,28H,16H2,1-8H3,(H,29,30,31). The lowest BCUT2D eigenvalue weighted by atomic mass is 9.88. The highest BCUT2D eigenvalue weighted by Crippen LogP contribution is 2.27. The molecule has 0 saturated heterocycles. The SMILES string of the molecule is Cc1cc(Nc2cc(CNC(C)C(C)(C)C)cc(-c3cccc([N+](=O)[O-])c3)n2)nn1C(=O)OC(C)(C)C. The molecular formula is C27H36N6O4. The molecule has 0 fully saturated rings. The number of aromatic nitrogens is 3. The van der Waals surface area contributed by atoms with Crippen LogP contribution >= 0.6 is 0 Å². The van der Waals surface area contributed by atoms with Crippen molar-refractivity contribution < 1.29 is 14.5 Å². The summed E-state index contributed by atoms with van der Waals surface area (Å²) in [7, 11) is 0. The number of rotatable bonds is 7. The molecule has 0 aliphatic carbocycles. The highest BCUT2D eigenvalue weighted by atomic mass is 16.6. The van der Waals surface area contributed by atoms with E-state index >= 15 is 0 Å². The first-order chi connectivity index (χ1) is 17.1. The normalized spacial score (nSPS) is 12.8. The molecular weight excluding hydrogens is 472 g/mol. The number of ether oxygens (including phenoxy) is 1. The van der Waals surface area contributed by atoms with Gasteiger partial charge in [-0.3, -0.25) is 10.1 Å². The van der Waals surface area contributed by atoms with E-state index in [2.05, 4.69) is 43.4 Å². The van der Waals surface area contributed by atoms with Crippen molar-refractivity contribution in [3.63, 3.8) is 0 Å². The van der Waals surface area contributed by atoms with Gasteiger partial charge in [0.05, 0.1) is 10.6 Å². The van der Waals surface area contributed by atoms with Gasteiger partial charge in [-0.2, -0.15) is 4.68 Å².